The van der Waals surface area contributed by atoms with Crippen molar-refractivity contribution in [1.82, 2.24) is 4.90 Å². The quantitative estimate of drug-likeness (QED) is 0.905. The third kappa shape index (κ3) is 3.50. The fourth-order valence-electron chi connectivity index (χ4n) is 1.15. The minimum Gasteiger partial charge on any atom is -0.395 e. The minimum atomic E-state index is -2.60. The summed E-state index contributed by atoms with van der Waals surface area (Å²) >= 11 is 4.34. The molecule has 1 heterocycles. The first-order valence-corrected chi connectivity index (χ1v) is 6.14. The van der Waals surface area contributed by atoms with E-state index in [1.807, 2.05) is 0 Å². The summed E-state index contributed by atoms with van der Waals surface area (Å²) in [7, 11) is 0. The van der Waals surface area contributed by atoms with Crippen LogP contribution in [0.25, 0.3) is 0 Å². The largest absolute Gasteiger partial charge is 0.395 e. The van der Waals surface area contributed by atoms with Gasteiger partial charge in [-0.2, -0.15) is 0 Å². The highest BCUT2D eigenvalue weighted by Crippen LogP contribution is 2.24. The molecule has 90 valence electrons. The van der Waals surface area contributed by atoms with Gasteiger partial charge >= 0.3 is 0 Å². The lowest BCUT2D eigenvalue weighted by Crippen LogP contribution is -2.37. The van der Waals surface area contributed by atoms with Crippen LogP contribution in [0, 0.1) is 0 Å². The average Bonchev–Trinajstić information content (AvgIpc) is 2.62. The number of hydrogen-bond acceptors (Lipinski definition) is 3. The zero-order valence-corrected chi connectivity index (χ0v) is 10.6. The number of thiophene rings is 1. The third-order valence-electron chi connectivity index (χ3n) is 1.83. The summed E-state index contributed by atoms with van der Waals surface area (Å²) in [6, 6.07) is 1.68. The Bertz CT molecular complexity index is 359. The van der Waals surface area contributed by atoms with E-state index in [2.05, 4.69) is 15.9 Å². The molecule has 0 aliphatic carbocycles. The third-order valence-corrected chi connectivity index (χ3v) is 3.65. The van der Waals surface area contributed by atoms with Gasteiger partial charge in [0, 0.05) is 11.0 Å². The predicted molar refractivity (Wildman–Crippen MR) is 61.0 cm³/mol. The maximum Gasteiger partial charge on any atom is 0.265 e. The van der Waals surface area contributed by atoms with Crippen LogP contribution in [-0.2, 0) is 0 Å². The van der Waals surface area contributed by atoms with E-state index in [9.17, 15) is 13.6 Å². The predicted octanol–water partition coefficient (Wildman–Crippen LogP) is 2.21. The summed E-state index contributed by atoms with van der Waals surface area (Å²) in [6.07, 6.45) is -2.60. The zero-order valence-electron chi connectivity index (χ0n) is 8.20. The van der Waals surface area contributed by atoms with Crippen LogP contribution in [0.2, 0.25) is 0 Å². The van der Waals surface area contributed by atoms with Crippen molar-refractivity contribution in [3.05, 3.63) is 20.8 Å². The van der Waals surface area contributed by atoms with Gasteiger partial charge in [0.2, 0.25) is 0 Å². The van der Waals surface area contributed by atoms with Crippen LogP contribution in [0.5, 0.6) is 0 Å². The standard InChI is InChI=1S/C9H10BrF2NO2S/c10-6-1-4-16-8(6)9(15)13(2-3-14)5-7(11)12/h1,4,7,14H,2-3,5H2. The molecule has 0 fully saturated rings. The van der Waals surface area contributed by atoms with E-state index in [0.717, 1.165) is 4.90 Å². The summed E-state index contributed by atoms with van der Waals surface area (Å²) in [6.45, 7) is -1.08. The van der Waals surface area contributed by atoms with Gasteiger partial charge in [0.1, 0.15) is 4.88 Å². The van der Waals surface area contributed by atoms with Gasteiger partial charge < -0.3 is 10.0 Å². The molecule has 1 rings (SSSR count). The van der Waals surface area contributed by atoms with Crippen LogP contribution in [0.1, 0.15) is 9.67 Å². The molecule has 0 spiro atoms. The first kappa shape index (κ1) is 13.5. The van der Waals surface area contributed by atoms with Crippen molar-refractivity contribution in [2.24, 2.45) is 0 Å². The van der Waals surface area contributed by atoms with E-state index in [0.29, 0.717) is 9.35 Å². The molecule has 7 heteroatoms. The lowest BCUT2D eigenvalue weighted by molar-refractivity contribution is 0.0512. The highest BCUT2D eigenvalue weighted by atomic mass is 79.9. The van der Waals surface area contributed by atoms with Crippen molar-refractivity contribution >= 4 is 33.2 Å². The van der Waals surface area contributed by atoms with Crippen LogP contribution in [0.3, 0.4) is 0 Å². The maximum absolute atomic E-state index is 12.2. The lowest BCUT2D eigenvalue weighted by atomic mass is 10.3. The van der Waals surface area contributed by atoms with E-state index < -0.39 is 18.9 Å². The Hall–Kier alpha value is -0.530. The molecule has 1 aromatic rings. The van der Waals surface area contributed by atoms with Crippen molar-refractivity contribution in [3.8, 4) is 0 Å². The number of aliphatic hydroxyl groups excluding tert-OH is 1. The van der Waals surface area contributed by atoms with Gasteiger partial charge in [-0.1, -0.05) is 0 Å². The molecule has 0 atom stereocenters. The summed E-state index contributed by atoms with van der Waals surface area (Å²) in [5.74, 6) is -0.490. The molecule has 0 saturated carbocycles. The summed E-state index contributed by atoms with van der Waals surface area (Å²) in [5.41, 5.74) is 0. The van der Waals surface area contributed by atoms with Gasteiger partial charge in [-0.3, -0.25) is 4.79 Å². The Morgan fingerprint density at radius 3 is 2.75 bits per heavy atom. The SMILES string of the molecule is O=C(c1sccc1Br)N(CCO)CC(F)F. The van der Waals surface area contributed by atoms with E-state index in [1.165, 1.54) is 11.3 Å². The Morgan fingerprint density at radius 2 is 2.31 bits per heavy atom. The monoisotopic (exact) mass is 313 g/mol. The van der Waals surface area contributed by atoms with Crippen molar-refractivity contribution in [3.63, 3.8) is 0 Å². The number of aliphatic hydroxyl groups is 1. The number of rotatable bonds is 5. The van der Waals surface area contributed by atoms with Crippen LogP contribution in [-0.4, -0.2) is 42.0 Å². The Kier molecular flexibility index (Phi) is 5.30. The van der Waals surface area contributed by atoms with E-state index in [-0.39, 0.29) is 13.2 Å². The number of hydrogen-bond donors (Lipinski definition) is 1. The van der Waals surface area contributed by atoms with E-state index in [1.54, 1.807) is 11.4 Å². The summed E-state index contributed by atoms with van der Waals surface area (Å²) in [4.78, 5) is 13.1. The molecular weight excluding hydrogens is 304 g/mol. The lowest BCUT2D eigenvalue weighted by Gasteiger charge is -2.20. The zero-order chi connectivity index (χ0) is 12.1. The Morgan fingerprint density at radius 1 is 1.62 bits per heavy atom. The second-order valence-corrected chi connectivity index (χ2v) is 4.73. The van der Waals surface area contributed by atoms with Gasteiger partial charge in [-0.15, -0.1) is 11.3 Å². The van der Waals surface area contributed by atoms with E-state index >= 15 is 0 Å². The van der Waals surface area contributed by atoms with Gasteiger partial charge in [-0.25, -0.2) is 8.78 Å². The van der Waals surface area contributed by atoms with Gasteiger partial charge in [0.15, 0.2) is 0 Å². The molecule has 0 aliphatic rings. The number of amides is 1. The van der Waals surface area contributed by atoms with Crippen LogP contribution in [0.4, 0.5) is 8.78 Å². The number of alkyl halides is 2. The minimum absolute atomic E-state index is 0.0898. The van der Waals surface area contributed by atoms with Gasteiger partial charge in [-0.05, 0) is 27.4 Å². The summed E-state index contributed by atoms with van der Waals surface area (Å²) < 4.78 is 25.0. The fraction of sp³-hybridized carbons (Fsp3) is 0.444. The van der Waals surface area contributed by atoms with Crippen molar-refractivity contribution in [2.45, 2.75) is 6.43 Å². The smallest absolute Gasteiger partial charge is 0.265 e. The normalized spacial score (nSPS) is 10.8. The maximum atomic E-state index is 12.2. The Balaban J connectivity index is 2.78. The van der Waals surface area contributed by atoms with Gasteiger partial charge in [0.25, 0.3) is 12.3 Å². The molecule has 0 bridgehead atoms. The highest BCUT2D eigenvalue weighted by Gasteiger charge is 2.21. The number of nitrogens with zero attached hydrogens (tertiary/aromatic N) is 1. The number of halogens is 3. The first-order chi connectivity index (χ1) is 7.56. The molecule has 0 saturated heterocycles. The highest BCUT2D eigenvalue weighted by molar-refractivity contribution is 9.10. The van der Waals surface area contributed by atoms with Crippen molar-refractivity contribution in [2.75, 3.05) is 19.7 Å². The molecule has 0 aromatic carbocycles. The fourth-order valence-corrected chi connectivity index (χ4v) is 2.66. The second-order valence-electron chi connectivity index (χ2n) is 2.96. The second kappa shape index (κ2) is 6.27. The molecule has 0 unspecified atom stereocenters. The first-order valence-electron chi connectivity index (χ1n) is 4.47. The molecule has 1 amide bonds. The topological polar surface area (TPSA) is 40.5 Å². The molecule has 0 radical (unpaired) electrons. The molecular formula is C9H10BrF2NO2S. The van der Waals surface area contributed by atoms with Crippen molar-refractivity contribution in [1.29, 1.82) is 0 Å². The van der Waals surface area contributed by atoms with Crippen molar-refractivity contribution < 1.29 is 18.7 Å². The van der Waals surface area contributed by atoms with Gasteiger partial charge in [0.05, 0.1) is 13.2 Å². The molecule has 16 heavy (non-hydrogen) atoms. The van der Waals surface area contributed by atoms with E-state index in [4.69, 9.17) is 5.11 Å². The van der Waals surface area contributed by atoms with Crippen LogP contribution >= 0.6 is 27.3 Å². The molecule has 1 N–H and O–H groups in total. The molecule has 3 nitrogen and oxygen atoms in total. The molecule has 1 aromatic heterocycles. The number of carbonyl (C=O) groups is 1. The van der Waals surface area contributed by atoms with Crippen LogP contribution < -0.4 is 0 Å². The molecule has 0 aliphatic heterocycles. The average molecular weight is 314 g/mol. The summed E-state index contributed by atoms with van der Waals surface area (Å²) in [5, 5.41) is 10.4. The Labute approximate surface area is 104 Å². The number of carbonyl (C=O) groups excluding carboxylic acids is 1. The van der Waals surface area contributed by atoms with Crippen LogP contribution in [0.15, 0.2) is 15.9 Å².